The number of anilines is 1. The molecule has 1 aliphatic rings. The summed E-state index contributed by atoms with van der Waals surface area (Å²) >= 11 is 0. The Labute approximate surface area is 132 Å². The minimum Gasteiger partial charge on any atom is -0.330 e. The van der Waals surface area contributed by atoms with Gasteiger partial charge in [0.15, 0.2) is 0 Å². The standard InChI is InChI=1S/C14H21N3O.2ClH/c15-10-12-6-8-17(9-7-12)11-14(18)16-13-4-2-1-3-5-13;;/h1-5,12H,6-11,15H2,(H,16,18);2*1H. The quantitative estimate of drug-likeness (QED) is 0.894. The number of rotatable bonds is 4. The summed E-state index contributed by atoms with van der Waals surface area (Å²) < 4.78 is 0. The molecule has 0 spiro atoms. The predicted molar refractivity (Wildman–Crippen MR) is 87.8 cm³/mol. The number of amides is 1. The lowest BCUT2D eigenvalue weighted by molar-refractivity contribution is -0.117. The molecule has 4 nitrogen and oxygen atoms in total. The average Bonchev–Trinajstić information content (AvgIpc) is 2.40. The first-order chi connectivity index (χ1) is 8.78. The summed E-state index contributed by atoms with van der Waals surface area (Å²) in [5.74, 6) is 0.700. The van der Waals surface area contributed by atoms with Crippen LogP contribution in [0.4, 0.5) is 5.69 Å². The van der Waals surface area contributed by atoms with Crippen LogP contribution in [0.1, 0.15) is 12.8 Å². The Morgan fingerprint density at radius 3 is 2.35 bits per heavy atom. The van der Waals surface area contributed by atoms with Crippen LogP contribution in [-0.2, 0) is 4.79 Å². The number of carbonyl (C=O) groups excluding carboxylic acids is 1. The number of hydrogen-bond acceptors (Lipinski definition) is 3. The summed E-state index contributed by atoms with van der Waals surface area (Å²) in [6.07, 6.45) is 2.21. The van der Waals surface area contributed by atoms with Gasteiger partial charge in [0.25, 0.3) is 0 Å². The molecule has 2 rings (SSSR count). The summed E-state index contributed by atoms with van der Waals surface area (Å²) in [7, 11) is 0. The van der Waals surface area contributed by atoms with Gasteiger partial charge in [-0.1, -0.05) is 18.2 Å². The number of carbonyl (C=O) groups is 1. The Hall–Kier alpha value is -0.810. The number of para-hydroxylation sites is 1. The van der Waals surface area contributed by atoms with Crippen LogP contribution in [0.2, 0.25) is 0 Å². The van der Waals surface area contributed by atoms with Crippen LogP contribution in [0.25, 0.3) is 0 Å². The molecule has 0 bridgehead atoms. The number of nitrogens with zero attached hydrogens (tertiary/aromatic N) is 1. The van der Waals surface area contributed by atoms with E-state index < -0.39 is 0 Å². The van der Waals surface area contributed by atoms with Crippen molar-refractivity contribution in [3.8, 4) is 0 Å². The van der Waals surface area contributed by atoms with Crippen molar-refractivity contribution in [3.63, 3.8) is 0 Å². The summed E-state index contributed by atoms with van der Waals surface area (Å²) in [5.41, 5.74) is 6.51. The normalized spacial score (nSPS) is 15.8. The number of nitrogens with two attached hydrogens (primary N) is 1. The van der Waals surface area contributed by atoms with Gasteiger partial charge in [-0.15, -0.1) is 24.8 Å². The minimum absolute atomic E-state index is 0. The van der Waals surface area contributed by atoms with Crippen LogP contribution in [0.15, 0.2) is 30.3 Å². The Morgan fingerprint density at radius 2 is 1.80 bits per heavy atom. The molecule has 1 fully saturated rings. The molecule has 1 amide bonds. The molecule has 0 atom stereocenters. The fourth-order valence-corrected chi connectivity index (χ4v) is 2.31. The second-order valence-corrected chi connectivity index (χ2v) is 4.87. The molecule has 1 aromatic rings. The van der Waals surface area contributed by atoms with Crippen molar-refractivity contribution in [1.29, 1.82) is 0 Å². The van der Waals surface area contributed by atoms with E-state index in [2.05, 4.69) is 10.2 Å². The second kappa shape index (κ2) is 10.00. The highest BCUT2D eigenvalue weighted by atomic mass is 35.5. The maximum absolute atomic E-state index is 11.9. The van der Waals surface area contributed by atoms with E-state index in [9.17, 15) is 4.79 Å². The lowest BCUT2D eigenvalue weighted by atomic mass is 9.97. The van der Waals surface area contributed by atoms with Crippen LogP contribution in [-0.4, -0.2) is 37.0 Å². The van der Waals surface area contributed by atoms with E-state index in [1.807, 2.05) is 30.3 Å². The van der Waals surface area contributed by atoms with Crippen LogP contribution in [0.3, 0.4) is 0 Å². The third-order valence-electron chi connectivity index (χ3n) is 3.47. The van der Waals surface area contributed by atoms with Gasteiger partial charge in [-0.25, -0.2) is 0 Å². The molecule has 0 saturated carbocycles. The van der Waals surface area contributed by atoms with Gasteiger partial charge in [-0.2, -0.15) is 0 Å². The molecule has 1 aromatic carbocycles. The second-order valence-electron chi connectivity index (χ2n) is 4.87. The predicted octanol–water partition coefficient (Wildman–Crippen LogP) is 2.14. The average molecular weight is 320 g/mol. The number of likely N-dealkylation sites (tertiary alicyclic amines) is 1. The first kappa shape index (κ1) is 19.2. The summed E-state index contributed by atoms with van der Waals surface area (Å²) in [6.45, 7) is 3.20. The number of hydrogen-bond donors (Lipinski definition) is 2. The number of piperidine rings is 1. The van der Waals surface area contributed by atoms with E-state index in [4.69, 9.17) is 5.73 Å². The molecule has 0 aromatic heterocycles. The molecule has 0 unspecified atom stereocenters. The van der Waals surface area contributed by atoms with Crippen LogP contribution in [0, 0.1) is 5.92 Å². The fraction of sp³-hybridized carbons (Fsp3) is 0.500. The van der Waals surface area contributed by atoms with Crippen molar-refractivity contribution in [2.45, 2.75) is 12.8 Å². The van der Waals surface area contributed by atoms with E-state index in [1.165, 1.54) is 0 Å². The van der Waals surface area contributed by atoms with E-state index in [1.54, 1.807) is 0 Å². The van der Waals surface area contributed by atoms with Gasteiger partial charge in [0.2, 0.25) is 5.91 Å². The Bertz CT molecular complexity index is 381. The summed E-state index contributed by atoms with van der Waals surface area (Å²) in [5, 5.41) is 2.91. The first-order valence-corrected chi connectivity index (χ1v) is 6.55. The van der Waals surface area contributed by atoms with Gasteiger partial charge >= 0.3 is 0 Å². The highest BCUT2D eigenvalue weighted by Gasteiger charge is 2.19. The molecule has 0 aliphatic carbocycles. The van der Waals surface area contributed by atoms with Crippen LogP contribution < -0.4 is 11.1 Å². The molecule has 114 valence electrons. The topological polar surface area (TPSA) is 58.4 Å². The highest BCUT2D eigenvalue weighted by molar-refractivity contribution is 5.92. The zero-order valence-electron chi connectivity index (χ0n) is 11.5. The number of halogens is 2. The fourth-order valence-electron chi connectivity index (χ4n) is 2.31. The van der Waals surface area contributed by atoms with Crippen molar-refractivity contribution in [3.05, 3.63) is 30.3 Å². The van der Waals surface area contributed by atoms with E-state index in [0.29, 0.717) is 12.5 Å². The van der Waals surface area contributed by atoms with E-state index in [-0.39, 0.29) is 30.7 Å². The molecular weight excluding hydrogens is 297 g/mol. The largest absolute Gasteiger partial charge is 0.330 e. The SMILES string of the molecule is Cl.Cl.NCC1CCN(CC(=O)Nc2ccccc2)CC1. The van der Waals surface area contributed by atoms with Gasteiger partial charge in [-0.05, 0) is 50.5 Å². The monoisotopic (exact) mass is 319 g/mol. The van der Waals surface area contributed by atoms with Crippen molar-refractivity contribution in [1.82, 2.24) is 4.90 Å². The summed E-state index contributed by atoms with van der Waals surface area (Å²) in [6, 6.07) is 9.58. The smallest absolute Gasteiger partial charge is 0.238 e. The first-order valence-electron chi connectivity index (χ1n) is 6.55. The minimum atomic E-state index is 0. The molecule has 1 heterocycles. The van der Waals surface area contributed by atoms with Crippen LogP contribution >= 0.6 is 24.8 Å². The molecule has 3 N–H and O–H groups in total. The van der Waals surface area contributed by atoms with E-state index >= 15 is 0 Å². The van der Waals surface area contributed by atoms with Crippen molar-refractivity contribution in [2.75, 3.05) is 31.5 Å². The maximum atomic E-state index is 11.9. The van der Waals surface area contributed by atoms with Crippen molar-refractivity contribution < 1.29 is 4.79 Å². The van der Waals surface area contributed by atoms with Gasteiger partial charge in [-0.3, -0.25) is 9.69 Å². The lowest BCUT2D eigenvalue weighted by Gasteiger charge is -2.30. The number of benzene rings is 1. The highest BCUT2D eigenvalue weighted by Crippen LogP contribution is 2.15. The van der Waals surface area contributed by atoms with Gasteiger partial charge in [0.05, 0.1) is 6.54 Å². The van der Waals surface area contributed by atoms with Gasteiger partial charge in [0.1, 0.15) is 0 Å². The lowest BCUT2D eigenvalue weighted by Crippen LogP contribution is -2.40. The molecule has 0 radical (unpaired) electrons. The Kier molecular flexibility index (Phi) is 9.59. The molecule has 1 aliphatic heterocycles. The van der Waals surface area contributed by atoms with Crippen molar-refractivity contribution >= 4 is 36.4 Å². The van der Waals surface area contributed by atoms with Gasteiger partial charge in [0, 0.05) is 5.69 Å². The zero-order chi connectivity index (χ0) is 12.8. The Balaban J connectivity index is 0.00000180. The molecule has 1 saturated heterocycles. The third kappa shape index (κ3) is 6.09. The zero-order valence-corrected chi connectivity index (χ0v) is 13.1. The molecule has 20 heavy (non-hydrogen) atoms. The van der Waals surface area contributed by atoms with Crippen molar-refractivity contribution in [2.24, 2.45) is 11.7 Å². The van der Waals surface area contributed by atoms with E-state index in [0.717, 1.165) is 38.2 Å². The molecular formula is C14H23Cl2N3O. The summed E-state index contributed by atoms with van der Waals surface area (Å²) in [4.78, 5) is 14.1. The number of nitrogens with one attached hydrogen (secondary N) is 1. The molecule has 6 heteroatoms. The third-order valence-corrected chi connectivity index (χ3v) is 3.47. The Morgan fingerprint density at radius 1 is 1.20 bits per heavy atom. The maximum Gasteiger partial charge on any atom is 0.238 e. The van der Waals surface area contributed by atoms with Crippen LogP contribution in [0.5, 0.6) is 0 Å². The van der Waals surface area contributed by atoms with Gasteiger partial charge < -0.3 is 11.1 Å².